The monoisotopic (exact) mass is 310 g/mol. The molecule has 0 bridgehead atoms. The molecule has 114 valence electrons. The Labute approximate surface area is 128 Å². The van der Waals surface area contributed by atoms with Crippen molar-refractivity contribution < 1.29 is 14.3 Å². The van der Waals surface area contributed by atoms with Gasteiger partial charge in [-0.2, -0.15) is 0 Å². The van der Waals surface area contributed by atoms with Crippen molar-refractivity contribution >= 4 is 23.3 Å². The third-order valence-electron chi connectivity index (χ3n) is 3.85. The van der Waals surface area contributed by atoms with E-state index in [0.29, 0.717) is 23.9 Å². The van der Waals surface area contributed by atoms with Crippen LogP contribution in [0.25, 0.3) is 0 Å². The predicted octanol–water partition coefficient (Wildman–Crippen LogP) is 3.15. The standard InChI is InChI=1S/C15H19ClN2O3/c16-11-4-3-5-12(8-11)18-14(19)17-9-13-10-20-15(21-13)6-1-2-7-15/h3-5,8,13H,1-2,6-7,9-10H2,(H2,17,18,19)/t13-/m0/s1. The van der Waals surface area contributed by atoms with Crippen molar-refractivity contribution in [3.63, 3.8) is 0 Å². The van der Waals surface area contributed by atoms with Crippen LogP contribution >= 0.6 is 11.6 Å². The lowest BCUT2D eigenvalue weighted by molar-refractivity contribution is -0.160. The van der Waals surface area contributed by atoms with Gasteiger partial charge in [-0.25, -0.2) is 4.79 Å². The molecular weight excluding hydrogens is 292 g/mol. The summed E-state index contributed by atoms with van der Waals surface area (Å²) in [6.07, 6.45) is 4.13. The summed E-state index contributed by atoms with van der Waals surface area (Å²) in [4.78, 5) is 11.8. The molecule has 5 nitrogen and oxygen atoms in total. The molecule has 6 heteroatoms. The number of urea groups is 1. The number of nitrogens with one attached hydrogen (secondary N) is 2. The van der Waals surface area contributed by atoms with Crippen LogP contribution < -0.4 is 10.6 Å². The second-order valence-electron chi connectivity index (χ2n) is 5.51. The Kier molecular flexibility index (Phi) is 4.33. The highest BCUT2D eigenvalue weighted by atomic mass is 35.5. The fraction of sp³-hybridized carbons (Fsp3) is 0.533. The van der Waals surface area contributed by atoms with Crippen LogP contribution in [0.1, 0.15) is 25.7 Å². The zero-order valence-corrected chi connectivity index (χ0v) is 12.5. The number of hydrogen-bond donors (Lipinski definition) is 2. The minimum absolute atomic E-state index is 0.0757. The molecule has 0 aromatic heterocycles. The fourth-order valence-corrected chi connectivity index (χ4v) is 3.03. The van der Waals surface area contributed by atoms with Crippen LogP contribution in [-0.2, 0) is 9.47 Å². The van der Waals surface area contributed by atoms with Gasteiger partial charge in [0.2, 0.25) is 0 Å². The van der Waals surface area contributed by atoms with E-state index in [2.05, 4.69) is 10.6 Å². The van der Waals surface area contributed by atoms with Gasteiger partial charge < -0.3 is 20.1 Å². The Hall–Kier alpha value is -1.30. The highest BCUT2D eigenvalue weighted by Crippen LogP contribution is 2.38. The molecule has 1 heterocycles. The summed E-state index contributed by atoms with van der Waals surface area (Å²) in [7, 11) is 0. The van der Waals surface area contributed by atoms with Crippen molar-refractivity contribution in [2.45, 2.75) is 37.6 Å². The van der Waals surface area contributed by atoms with Crippen molar-refractivity contribution in [1.82, 2.24) is 5.32 Å². The Balaban J connectivity index is 1.44. The van der Waals surface area contributed by atoms with Crippen molar-refractivity contribution in [2.75, 3.05) is 18.5 Å². The number of halogens is 1. The molecule has 1 atom stereocenters. The molecule has 1 aromatic carbocycles. The van der Waals surface area contributed by atoms with E-state index in [1.54, 1.807) is 24.3 Å². The lowest BCUT2D eigenvalue weighted by atomic mass is 10.2. The van der Waals surface area contributed by atoms with Gasteiger partial charge in [-0.3, -0.25) is 0 Å². The number of ether oxygens (including phenoxy) is 2. The van der Waals surface area contributed by atoms with Crippen LogP contribution in [0, 0.1) is 0 Å². The molecule has 0 unspecified atom stereocenters. The van der Waals surface area contributed by atoms with Crippen molar-refractivity contribution in [3.8, 4) is 0 Å². The number of carbonyl (C=O) groups excluding carboxylic acids is 1. The number of anilines is 1. The summed E-state index contributed by atoms with van der Waals surface area (Å²) in [5.41, 5.74) is 0.663. The van der Waals surface area contributed by atoms with Crippen molar-refractivity contribution in [1.29, 1.82) is 0 Å². The topological polar surface area (TPSA) is 59.6 Å². The summed E-state index contributed by atoms with van der Waals surface area (Å²) < 4.78 is 11.7. The third kappa shape index (κ3) is 3.67. The molecule has 2 amide bonds. The Morgan fingerprint density at radius 2 is 2.19 bits per heavy atom. The van der Waals surface area contributed by atoms with E-state index in [-0.39, 0.29) is 17.9 Å². The molecule has 0 radical (unpaired) electrons. The van der Waals surface area contributed by atoms with Crippen LogP contribution in [-0.4, -0.2) is 31.1 Å². The van der Waals surface area contributed by atoms with Gasteiger partial charge in [0, 0.05) is 30.1 Å². The first-order valence-corrected chi connectivity index (χ1v) is 7.65. The van der Waals surface area contributed by atoms with Gasteiger partial charge in [0.05, 0.1) is 6.61 Å². The Morgan fingerprint density at radius 1 is 1.38 bits per heavy atom. The van der Waals surface area contributed by atoms with E-state index in [4.69, 9.17) is 21.1 Å². The zero-order valence-electron chi connectivity index (χ0n) is 11.7. The zero-order chi connectivity index (χ0) is 14.7. The molecule has 1 aromatic rings. The first kappa shape index (κ1) is 14.6. The summed E-state index contributed by atoms with van der Waals surface area (Å²) >= 11 is 5.87. The van der Waals surface area contributed by atoms with E-state index in [0.717, 1.165) is 25.7 Å². The van der Waals surface area contributed by atoms with Crippen LogP contribution in [0.3, 0.4) is 0 Å². The molecular formula is C15H19ClN2O3. The highest BCUT2D eigenvalue weighted by molar-refractivity contribution is 6.30. The SMILES string of the molecule is O=C(NC[C@H]1COC2(CCCC2)O1)Nc1cccc(Cl)c1. The number of amides is 2. The van der Waals surface area contributed by atoms with E-state index in [1.807, 2.05) is 0 Å². The number of rotatable bonds is 3. The molecule has 3 rings (SSSR count). The minimum Gasteiger partial charge on any atom is -0.347 e. The maximum atomic E-state index is 11.8. The lowest BCUT2D eigenvalue weighted by Gasteiger charge is -2.22. The largest absolute Gasteiger partial charge is 0.347 e. The third-order valence-corrected chi connectivity index (χ3v) is 4.09. The summed E-state index contributed by atoms with van der Waals surface area (Å²) in [5.74, 6) is -0.379. The molecule has 1 saturated heterocycles. The molecule has 21 heavy (non-hydrogen) atoms. The van der Waals surface area contributed by atoms with Crippen molar-refractivity contribution in [2.24, 2.45) is 0 Å². The molecule has 1 saturated carbocycles. The minimum atomic E-state index is -0.379. The van der Waals surface area contributed by atoms with Crippen LogP contribution in [0.2, 0.25) is 5.02 Å². The van der Waals surface area contributed by atoms with Crippen molar-refractivity contribution in [3.05, 3.63) is 29.3 Å². The molecule has 1 aliphatic carbocycles. The maximum Gasteiger partial charge on any atom is 0.319 e. The van der Waals surface area contributed by atoms with Gasteiger partial charge in [0.25, 0.3) is 0 Å². The molecule has 2 N–H and O–H groups in total. The first-order valence-electron chi connectivity index (χ1n) is 7.27. The second kappa shape index (κ2) is 6.22. The van der Waals surface area contributed by atoms with Gasteiger partial charge >= 0.3 is 6.03 Å². The first-order chi connectivity index (χ1) is 10.2. The average Bonchev–Trinajstić information content (AvgIpc) is 3.07. The van der Waals surface area contributed by atoms with Gasteiger partial charge in [0.1, 0.15) is 6.10 Å². The Morgan fingerprint density at radius 3 is 2.95 bits per heavy atom. The molecule has 2 aliphatic rings. The van der Waals surface area contributed by atoms with E-state index < -0.39 is 0 Å². The highest BCUT2D eigenvalue weighted by Gasteiger charge is 2.43. The smallest absolute Gasteiger partial charge is 0.319 e. The average molecular weight is 311 g/mol. The van der Waals surface area contributed by atoms with E-state index in [1.165, 1.54) is 0 Å². The van der Waals surface area contributed by atoms with Gasteiger partial charge in [-0.1, -0.05) is 17.7 Å². The van der Waals surface area contributed by atoms with E-state index >= 15 is 0 Å². The number of carbonyl (C=O) groups is 1. The van der Waals surface area contributed by atoms with Gasteiger partial charge in [-0.05, 0) is 31.0 Å². The maximum absolute atomic E-state index is 11.8. The lowest BCUT2D eigenvalue weighted by Crippen LogP contribution is -2.37. The fourth-order valence-electron chi connectivity index (χ4n) is 2.84. The normalized spacial score (nSPS) is 23.4. The summed E-state index contributed by atoms with van der Waals surface area (Å²) in [6.45, 7) is 0.978. The number of hydrogen-bond acceptors (Lipinski definition) is 3. The van der Waals surface area contributed by atoms with Crippen LogP contribution in [0.4, 0.5) is 10.5 Å². The van der Waals surface area contributed by atoms with Gasteiger partial charge in [-0.15, -0.1) is 0 Å². The predicted molar refractivity (Wildman–Crippen MR) is 80.5 cm³/mol. The van der Waals surface area contributed by atoms with Gasteiger partial charge in [0.15, 0.2) is 5.79 Å². The van der Waals surface area contributed by atoms with E-state index in [9.17, 15) is 4.79 Å². The van der Waals surface area contributed by atoms with Crippen LogP contribution in [0.15, 0.2) is 24.3 Å². The molecule has 1 spiro atoms. The molecule has 1 aliphatic heterocycles. The number of benzene rings is 1. The van der Waals surface area contributed by atoms with Crippen LogP contribution in [0.5, 0.6) is 0 Å². The summed E-state index contributed by atoms with van der Waals surface area (Å²) in [6, 6.07) is 6.76. The quantitative estimate of drug-likeness (QED) is 0.901. The Bertz CT molecular complexity index is 517. The molecule has 2 fully saturated rings. The second-order valence-corrected chi connectivity index (χ2v) is 5.95. The summed E-state index contributed by atoms with van der Waals surface area (Å²) in [5, 5.41) is 6.12.